The first-order valence-corrected chi connectivity index (χ1v) is 7.97. The summed E-state index contributed by atoms with van der Waals surface area (Å²) in [5.41, 5.74) is 0.702. The van der Waals surface area contributed by atoms with Gasteiger partial charge in [-0.2, -0.15) is 0 Å². The Labute approximate surface area is 134 Å². The van der Waals surface area contributed by atoms with E-state index in [0.717, 1.165) is 31.7 Å². The third-order valence-corrected chi connectivity index (χ3v) is 4.53. The average Bonchev–Trinajstić information content (AvgIpc) is 3.18. The van der Waals surface area contributed by atoms with Crippen molar-refractivity contribution >= 4 is 11.6 Å². The molecule has 1 heterocycles. The van der Waals surface area contributed by atoms with Gasteiger partial charge < -0.3 is 9.74 Å². The van der Waals surface area contributed by atoms with Crippen LogP contribution < -0.4 is 0 Å². The topological polar surface area (TPSA) is 41.9 Å². The highest BCUT2D eigenvalue weighted by atomic mass is 19.1. The summed E-state index contributed by atoms with van der Waals surface area (Å²) in [5.74, 6) is -1.00. The van der Waals surface area contributed by atoms with Crippen LogP contribution in [0, 0.1) is 17.6 Å². The van der Waals surface area contributed by atoms with Crippen LogP contribution in [0.1, 0.15) is 37.7 Å². The first kappa shape index (κ1) is 15.9. The number of halogens is 2. The average molecular weight is 322 g/mol. The number of carbonyl (C=O) groups excluding carboxylic acids is 1. The highest BCUT2D eigenvalue weighted by Crippen LogP contribution is 2.27. The quantitative estimate of drug-likeness (QED) is 0.855. The number of amides is 1. The van der Waals surface area contributed by atoms with Crippen LogP contribution in [0.5, 0.6) is 0 Å². The Bertz CT molecular complexity index is 627. The van der Waals surface area contributed by atoms with Crippen molar-refractivity contribution in [3.8, 4) is 0 Å². The molecule has 0 bridgehead atoms. The van der Waals surface area contributed by atoms with E-state index in [1.165, 1.54) is 12.1 Å². The van der Waals surface area contributed by atoms with Crippen LogP contribution in [0.4, 0.5) is 8.78 Å². The van der Waals surface area contributed by atoms with E-state index >= 15 is 0 Å². The third kappa shape index (κ3) is 3.51. The van der Waals surface area contributed by atoms with Crippen LogP contribution in [-0.4, -0.2) is 36.2 Å². The molecule has 1 aliphatic carbocycles. The summed E-state index contributed by atoms with van der Waals surface area (Å²) in [6.07, 6.45) is 4.26. The standard InChI is InChI=1S/C17H20F2N2O2/c1-21(17(22)11-4-2-3-5-11)10-13-9-16(20-23-13)14-7-6-12(18)8-15(14)19/h6-8,11,13H,2-5,9-10H2,1H3. The second-order valence-corrected chi connectivity index (χ2v) is 6.29. The smallest absolute Gasteiger partial charge is 0.225 e. The molecule has 0 radical (unpaired) electrons. The van der Waals surface area contributed by atoms with Crippen molar-refractivity contribution < 1.29 is 18.4 Å². The maximum Gasteiger partial charge on any atom is 0.225 e. The molecule has 6 heteroatoms. The normalized spacial score (nSPS) is 21.2. The van der Waals surface area contributed by atoms with Gasteiger partial charge in [0.15, 0.2) is 6.10 Å². The van der Waals surface area contributed by atoms with E-state index in [4.69, 9.17) is 4.84 Å². The third-order valence-electron chi connectivity index (χ3n) is 4.53. The minimum atomic E-state index is -0.650. The van der Waals surface area contributed by atoms with Crippen LogP contribution >= 0.6 is 0 Å². The van der Waals surface area contributed by atoms with Gasteiger partial charge in [-0.05, 0) is 25.0 Å². The van der Waals surface area contributed by atoms with Crippen molar-refractivity contribution in [2.75, 3.05) is 13.6 Å². The van der Waals surface area contributed by atoms with Crippen molar-refractivity contribution in [1.82, 2.24) is 4.90 Å². The van der Waals surface area contributed by atoms with Crippen LogP contribution in [-0.2, 0) is 9.63 Å². The van der Waals surface area contributed by atoms with Crippen molar-refractivity contribution in [2.24, 2.45) is 11.1 Å². The first-order valence-electron chi connectivity index (χ1n) is 7.97. The minimum Gasteiger partial charge on any atom is -0.390 e. The molecule has 0 saturated heterocycles. The van der Waals surface area contributed by atoms with Gasteiger partial charge in [0.25, 0.3) is 0 Å². The predicted octanol–water partition coefficient (Wildman–Crippen LogP) is 3.11. The first-order chi connectivity index (χ1) is 11.0. The van der Waals surface area contributed by atoms with Gasteiger partial charge >= 0.3 is 0 Å². The van der Waals surface area contributed by atoms with Crippen molar-refractivity contribution in [3.05, 3.63) is 35.4 Å². The number of rotatable bonds is 4. The van der Waals surface area contributed by atoms with E-state index in [9.17, 15) is 13.6 Å². The van der Waals surface area contributed by atoms with E-state index < -0.39 is 11.6 Å². The van der Waals surface area contributed by atoms with E-state index in [1.807, 2.05) is 0 Å². The molecular weight excluding hydrogens is 302 g/mol. The fourth-order valence-electron chi connectivity index (χ4n) is 3.29. The van der Waals surface area contributed by atoms with Crippen molar-refractivity contribution in [1.29, 1.82) is 0 Å². The Kier molecular flexibility index (Phi) is 4.59. The summed E-state index contributed by atoms with van der Waals surface area (Å²) in [4.78, 5) is 19.3. The number of hydrogen-bond donors (Lipinski definition) is 0. The van der Waals surface area contributed by atoms with E-state index in [-0.39, 0.29) is 23.5 Å². The zero-order valence-electron chi connectivity index (χ0n) is 13.1. The molecule has 3 rings (SSSR count). The molecule has 1 aromatic carbocycles. The van der Waals surface area contributed by atoms with Crippen molar-refractivity contribution in [2.45, 2.75) is 38.2 Å². The Morgan fingerprint density at radius 2 is 2.09 bits per heavy atom. The lowest BCUT2D eigenvalue weighted by Gasteiger charge is -2.23. The maximum absolute atomic E-state index is 13.8. The number of likely N-dealkylation sites (N-methyl/N-ethyl adjacent to an activating group) is 1. The zero-order chi connectivity index (χ0) is 16.4. The summed E-state index contributed by atoms with van der Waals surface area (Å²) in [5, 5.41) is 3.90. The lowest BCUT2D eigenvalue weighted by atomic mass is 10.0. The van der Waals surface area contributed by atoms with Gasteiger partial charge in [-0.1, -0.05) is 18.0 Å². The SMILES string of the molecule is CN(CC1CC(c2ccc(F)cc2F)=NO1)C(=O)C1CCCC1. The Morgan fingerprint density at radius 3 is 2.78 bits per heavy atom. The summed E-state index contributed by atoms with van der Waals surface area (Å²) in [6, 6.07) is 3.40. The van der Waals surface area contributed by atoms with E-state index in [2.05, 4.69) is 5.16 Å². The van der Waals surface area contributed by atoms with Gasteiger partial charge in [0.2, 0.25) is 5.91 Å². The second-order valence-electron chi connectivity index (χ2n) is 6.29. The van der Waals surface area contributed by atoms with Gasteiger partial charge in [-0.25, -0.2) is 8.78 Å². The second kappa shape index (κ2) is 6.64. The van der Waals surface area contributed by atoms with Gasteiger partial charge in [0, 0.05) is 31.0 Å². The molecule has 1 unspecified atom stereocenters. The zero-order valence-corrected chi connectivity index (χ0v) is 13.1. The highest BCUT2D eigenvalue weighted by molar-refractivity contribution is 6.01. The highest BCUT2D eigenvalue weighted by Gasteiger charge is 2.30. The molecule has 0 aromatic heterocycles. The molecule has 23 heavy (non-hydrogen) atoms. The van der Waals surface area contributed by atoms with Gasteiger partial charge in [0.1, 0.15) is 11.6 Å². The number of nitrogens with zero attached hydrogens (tertiary/aromatic N) is 2. The molecule has 0 N–H and O–H groups in total. The molecule has 1 atom stereocenters. The van der Waals surface area contributed by atoms with Crippen LogP contribution in [0.3, 0.4) is 0 Å². The molecule has 1 aliphatic heterocycles. The summed E-state index contributed by atoms with van der Waals surface area (Å²) >= 11 is 0. The lowest BCUT2D eigenvalue weighted by molar-refractivity contribution is -0.135. The Morgan fingerprint density at radius 1 is 1.35 bits per heavy atom. The summed E-state index contributed by atoms with van der Waals surface area (Å²) in [6.45, 7) is 0.422. The van der Waals surface area contributed by atoms with E-state index in [1.54, 1.807) is 11.9 Å². The van der Waals surface area contributed by atoms with Crippen LogP contribution in [0.25, 0.3) is 0 Å². The maximum atomic E-state index is 13.8. The molecule has 1 saturated carbocycles. The molecule has 2 aliphatic rings. The van der Waals surface area contributed by atoms with Gasteiger partial charge in [-0.3, -0.25) is 4.79 Å². The molecule has 1 aromatic rings. The molecule has 4 nitrogen and oxygen atoms in total. The van der Waals surface area contributed by atoms with Crippen LogP contribution in [0.2, 0.25) is 0 Å². The van der Waals surface area contributed by atoms with E-state index in [0.29, 0.717) is 18.7 Å². The number of oxime groups is 1. The van der Waals surface area contributed by atoms with Gasteiger partial charge in [0.05, 0.1) is 12.3 Å². The number of benzene rings is 1. The lowest BCUT2D eigenvalue weighted by Crippen LogP contribution is -2.37. The van der Waals surface area contributed by atoms with Gasteiger partial charge in [-0.15, -0.1) is 0 Å². The Balaban J connectivity index is 1.57. The molecule has 124 valence electrons. The largest absolute Gasteiger partial charge is 0.390 e. The Hall–Kier alpha value is -1.98. The number of hydrogen-bond acceptors (Lipinski definition) is 3. The fraction of sp³-hybridized carbons (Fsp3) is 0.529. The molecule has 1 fully saturated rings. The number of carbonyl (C=O) groups is 1. The molecule has 1 amide bonds. The predicted molar refractivity (Wildman–Crippen MR) is 82.0 cm³/mol. The summed E-state index contributed by atoms with van der Waals surface area (Å²) < 4.78 is 26.7. The fourth-order valence-corrected chi connectivity index (χ4v) is 3.29. The van der Waals surface area contributed by atoms with Crippen molar-refractivity contribution in [3.63, 3.8) is 0 Å². The monoisotopic (exact) mass is 322 g/mol. The molecular formula is C17H20F2N2O2. The summed E-state index contributed by atoms with van der Waals surface area (Å²) in [7, 11) is 1.76. The van der Waals surface area contributed by atoms with Crippen LogP contribution in [0.15, 0.2) is 23.4 Å². The molecule has 0 spiro atoms. The minimum absolute atomic E-state index is 0.122.